The first-order valence-corrected chi connectivity index (χ1v) is 14.9. The number of ketones is 1. The fourth-order valence-corrected chi connectivity index (χ4v) is 6.42. The number of methoxy groups -OCH3 is 2. The summed E-state index contributed by atoms with van der Waals surface area (Å²) in [6, 6.07) is 10.9. The Morgan fingerprint density at radius 3 is 2.26 bits per heavy atom. The van der Waals surface area contributed by atoms with Crippen LogP contribution in [0.4, 0.5) is 0 Å². The Bertz CT molecular complexity index is 1480. The van der Waals surface area contributed by atoms with Crippen LogP contribution in [0.25, 0.3) is 0 Å². The normalized spacial score (nSPS) is 20.3. The number of Topliss-reactive ketones (excluding diaryl/α,β-unsaturated/α-hetero) is 1. The fourth-order valence-electron chi connectivity index (χ4n) is 6.42. The summed E-state index contributed by atoms with van der Waals surface area (Å²) in [6.07, 6.45) is 4.42. The molecule has 1 aliphatic heterocycles. The third-order valence-corrected chi connectivity index (χ3v) is 8.36. The van der Waals surface area contributed by atoms with Crippen molar-refractivity contribution in [3.63, 3.8) is 0 Å². The van der Waals surface area contributed by atoms with Gasteiger partial charge in [0.1, 0.15) is 6.10 Å². The first-order chi connectivity index (χ1) is 20.7. The first kappa shape index (κ1) is 30.2. The summed E-state index contributed by atoms with van der Waals surface area (Å²) < 4.78 is 28.1. The molecule has 2 aromatic carbocycles. The summed E-state index contributed by atoms with van der Waals surface area (Å²) in [5, 5.41) is 3.41. The van der Waals surface area contributed by atoms with Crippen LogP contribution in [0.15, 0.2) is 58.9 Å². The lowest BCUT2D eigenvalue weighted by molar-refractivity contribution is -0.144. The Hall–Kier alpha value is -4.27. The van der Waals surface area contributed by atoms with Crippen LogP contribution in [0.5, 0.6) is 23.0 Å². The number of carbonyl (C=O) groups excluding carboxylic acids is 3. The number of ether oxygens (including phenoxy) is 5. The minimum absolute atomic E-state index is 0.0563. The van der Waals surface area contributed by atoms with Crippen molar-refractivity contribution >= 4 is 17.7 Å². The third-order valence-electron chi connectivity index (χ3n) is 8.36. The van der Waals surface area contributed by atoms with Gasteiger partial charge in [-0.1, -0.05) is 12.1 Å². The largest absolute Gasteiger partial charge is 0.493 e. The minimum atomic E-state index is -0.672. The standard InChI is InChI=1S/C34H39NO8/c1-6-41-30-18-22(12-14-28(30)42-20(3)36)32-31(34(38)43-24-9-7-8-10-24)19(2)35-25-15-23(16-26(37)33(25)32)21-11-13-27(39-4)29(17-21)40-5/h11-14,17-18,23-24,32,35H,6-10,15-16H2,1-5H3/t23-,32-/m1/s1. The summed E-state index contributed by atoms with van der Waals surface area (Å²) in [6.45, 7) is 5.35. The van der Waals surface area contributed by atoms with E-state index < -0.39 is 17.9 Å². The first-order valence-electron chi connectivity index (χ1n) is 14.9. The van der Waals surface area contributed by atoms with Gasteiger partial charge in [-0.25, -0.2) is 4.79 Å². The van der Waals surface area contributed by atoms with E-state index in [1.165, 1.54) is 6.92 Å². The van der Waals surface area contributed by atoms with E-state index in [2.05, 4.69) is 5.32 Å². The lowest BCUT2D eigenvalue weighted by Crippen LogP contribution is -2.36. The van der Waals surface area contributed by atoms with Gasteiger partial charge in [0.25, 0.3) is 0 Å². The predicted molar refractivity (Wildman–Crippen MR) is 159 cm³/mol. The van der Waals surface area contributed by atoms with E-state index in [-0.39, 0.29) is 30.0 Å². The molecule has 0 saturated heterocycles. The number of dihydropyridines is 1. The molecular weight excluding hydrogens is 550 g/mol. The SMILES string of the molecule is CCOc1cc([C@@H]2C(C(=O)OC3CCCC3)=C(C)NC3=C2C(=O)C[C@H](c2ccc(OC)c(OC)c2)C3)ccc1OC(C)=O. The van der Waals surface area contributed by atoms with Gasteiger partial charge >= 0.3 is 11.9 Å². The van der Waals surface area contributed by atoms with Gasteiger partial charge in [0.15, 0.2) is 28.8 Å². The molecule has 0 spiro atoms. The van der Waals surface area contributed by atoms with Crippen molar-refractivity contribution in [3.8, 4) is 23.0 Å². The summed E-state index contributed by atoms with van der Waals surface area (Å²) in [5.41, 5.74) is 4.03. The molecule has 228 valence electrons. The van der Waals surface area contributed by atoms with Crippen LogP contribution in [0.1, 0.15) is 82.3 Å². The maximum Gasteiger partial charge on any atom is 0.337 e. The number of allylic oxidation sites excluding steroid dienone is 3. The van der Waals surface area contributed by atoms with Gasteiger partial charge in [0.2, 0.25) is 0 Å². The Labute approximate surface area is 252 Å². The average Bonchev–Trinajstić information content (AvgIpc) is 3.49. The predicted octanol–water partition coefficient (Wildman–Crippen LogP) is 5.88. The highest BCUT2D eigenvalue weighted by Crippen LogP contribution is 2.48. The molecule has 0 amide bonds. The number of nitrogens with one attached hydrogen (secondary N) is 1. The van der Waals surface area contributed by atoms with Gasteiger partial charge in [-0.3, -0.25) is 9.59 Å². The van der Waals surface area contributed by atoms with Crippen molar-refractivity contribution < 1.29 is 38.1 Å². The van der Waals surface area contributed by atoms with E-state index >= 15 is 0 Å². The minimum Gasteiger partial charge on any atom is -0.493 e. The molecule has 9 heteroatoms. The Balaban J connectivity index is 1.57. The molecule has 0 radical (unpaired) electrons. The topological polar surface area (TPSA) is 109 Å². The summed E-state index contributed by atoms with van der Waals surface area (Å²) in [7, 11) is 3.18. The highest BCUT2D eigenvalue weighted by Gasteiger charge is 2.42. The van der Waals surface area contributed by atoms with Crippen LogP contribution in [-0.2, 0) is 19.1 Å². The highest BCUT2D eigenvalue weighted by molar-refractivity contribution is 6.04. The lowest BCUT2D eigenvalue weighted by Gasteiger charge is -2.37. The van der Waals surface area contributed by atoms with Crippen molar-refractivity contribution in [2.45, 2.75) is 77.2 Å². The van der Waals surface area contributed by atoms with Gasteiger partial charge in [0, 0.05) is 36.2 Å². The maximum absolute atomic E-state index is 14.1. The molecule has 1 heterocycles. The third kappa shape index (κ3) is 6.26. The summed E-state index contributed by atoms with van der Waals surface area (Å²) in [4.78, 5) is 39.6. The number of rotatable bonds is 9. The molecule has 9 nitrogen and oxygen atoms in total. The zero-order valence-electron chi connectivity index (χ0n) is 25.4. The Morgan fingerprint density at radius 2 is 1.58 bits per heavy atom. The van der Waals surface area contributed by atoms with Crippen LogP contribution in [0.3, 0.4) is 0 Å². The van der Waals surface area contributed by atoms with E-state index in [4.69, 9.17) is 23.7 Å². The number of hydrogen-bond acceptors (Lipinski definition) is 9. The lowest BCUT2D eigenvalue weighted by atomic mass is 9.71. The van der Waals surface area contributed by atoms with Crippen molar-refractivity contribution in [1.29, 1.82) is 0 Å². The molecular formula is C34H39NO8. The van der Waals surface area contributed by atoms with E-state index in [1.807, 2.05) is 32.0 Å². The van der Waals surface area contributed by atoms with Gasteiger partial charge in [0.05, 0.1) is 26.4 Å². The van der Waals surface area contributed by atoms with E-state index in [0.717, 1.165) is 36.9 Å². The van der Waals surface area contributed by atoms with Crippen LogP contribution >= 0.6 is 0 Å². The average molecular weight is 590 g/mol. The molecule has 1 fully saturated rings. The monoisotopic (exact) mass is 589 g/mol. The van der Waals surface area contributed by atoms with Crippen LogP contribution in [0, 0.1) is 0 Å². The maximum atomic E-state index is 14.1. The van der Waals surface area contributed by atoms with E-state index in [0.29, 0.717) is 52.7 Å². The van der Waals surface area contributed by atoms with Crippen LogP contribution < -0.4 is 24.3 Å². The zero-order valence-corrected chi connectivity index (χ0v) is 25.4. The highest BCUT2D eigenvalue weighted by atomic mass is 16.6. The summed E-state index contributed by atoms with van der Waals surface area (Å²) >= 11 is 0. The number of carbonyl (C=O) groups is 3. The fraction of sp³-hybridized carbons (Fsp3) is 0.441. The second-order valence-corrected chi connectivity index (χ2v) is 11.2. The molecule has 43 heavy (non-hydrogen) atoms. The van der Waals surface area contributed by atoms with Crippen LogP contribution in [-0.4, -0.2) is 44.7 Å². The Morgan fingerprint density at radius 1 is 0.907 bits per heavy atom. The molecule has 0 unspecified atom stereocenters. The molecule has 2 aliphatic carbocycles. The van der Waals surface area contributed by atoms with Crippen LogP contribution in [0.2, 0.25) is 0 Å². The molecule has 2 aromatic rings. The second-order valence-electron chi connectivity index (χ2n) is 11.2. The second kappa shape index (κ2) is 12.9. The number of esters is 2. The molecule has 0 bridgehead atoms. The summed E-state index contributed by atoms with van der Waals surface area (Å²) in [5.74, 6) is 0.148. The van der Waals surface area contributed by atoms with E-state index in [1.54, 1.807) is 32.4 Å². The van der Waals surface area contributed by atoms with Gasteiger partial charge in [-0.05, 0) is 87.3 Å². The number of benzene rings is 2. The number of hydrogen-bond donors (Lipinski definition) is 1. The van der Waals surface area contributed by atoms with E-state index in [9.17, 15) is 14.4 Å². The quantitative estimate of drug-likeness (QED) is 0.283. The molecule has 5 rings (SSSR count). The van der Waals surface area contributed by atoms with Gasteiger partial charge in [-0.2, -0.15) is 0 Å². The molecule has 1 N–H and O–H groups in total. The van der Waals surface area contributed by atoms with Crippen molar-refractivity contribution in [3.05, 3.63) is 70.1 Å². The molecule has 0 aromatic heterocycles. The molecule has 1 saturated carbocycles. The molecule has 2 atom stereocenters. The van der Waals surface area contributed by atoms with Crippen molar-refractivity contribution in [2.75, 3.05) is 20.8 Å². The van der Waals surface area contributed by atoms with Gasteiger partial charge < -0.3 is 29.0 Å². The van der Waals surface area contributed by atoms with Gasteiger partial charge in [-0.15, -0.1) is 0 Å². The van der Waals surface area contributed by atoms with Crippen molar-refractivity contribution in [1.82, 2.24) is 5.32 Å². The zero-order chi connectivity index (χ0) is 30.7. The van der Waals surface area contributed by atoms with Crippen molar-refractivity contribution in [2.24, 2.45) is 0 Å². The smallest absolute Gasteiger partial charge is 0.337 e. The Kier molecular flexibility index (Phi) is 9.08. The molecule has 3 aliphatic rings.